The van der Waals surface area contributed by atoms with Gasteiger partial charge in [0.25, 0.3) is 0 Å². The monoisotopic (exact) mass is 394 g/mol. The fourth-order valence-corrected chi connectivity index (χ4v) is 3.28. The summed E-state index contributed by atoms with van der Waals surface area (Å²) in [7, 11) is 1.56. The van der Waals surface area contributed by atoms with Crippen molar-refractivity contribution in [2.75, 3.05) is 12.4 Å². The van der Waals surface area contributed by atoms with Crippen LogP contribution in [0.1, 0.15) is 19.3 Å². The molecule has 2 heterocycles. The summed E-state index contributed by atoms with van der Waals surface area (Å²) in [6.07, 6.45) is -3.86. The Labute approximate surface area is 157 Å². The molecule has 0 aliphatic heterocycles. The maximum absolute atomic E-state index is 13.0. The summed E-state index contributed by atoms with van der Waals surface area (Å²) in [5, 5.41) is 20.7. The number of rotatable bonds is 4. The topological polar surface area (TPSA) is 98.0 Å². The lowest BCUT2D eigenvalue weighted by Gasteiger charge is -2.25. The quantitative estimate of drug-likeness (QED) is 0.702. The first-order valence-electron chi connectivity index (χ1n) is 8.58. The second kappa shape index (κ2) is 6.59. The summed E-state index contributed by atoms with van der Waals surface area (Å²) < 4.78 is 45.6. The SMILES string of the molecule is COc1ccc(-n2nnc3cnc(N[C@@H]4CC[C@](O)(C(F)(F)F)C4)nc32)cc1. The fraction of sp³-hybridized carbons (Fsp3) is 0.412. The summed E-state index contributed by atoms with van der Waals surface area (Å²) in [6, 6.07) is 6.50. The van der Waals surface area contributed by atoms with Crippen LogP contribution >= 0.6 is 0 Å². The molecule has 0 bridgehead atoms. The van der Waals surface area contributed by atoms with Crippen molar-refractivity contribution in [2.24, 2.45) is 0 Å². The standard InChI is InChI=1S/C17H17F3N6O2/c1-28-12-4-2-11(3-5-12)26-14-13(24-25-26)9-21-15(23-14)22-10-6-7-16(27,8-10)17(18,19)20/h2-5,9-10,27H,6-8H2,1H3,(H,21,22,23)/t10-,16-/m1/s1. The van der Waals surface area contributed by atoms with E-state index in [9.17, 15) is 18.3 Å². The van der Waals surface area contributed by atoms with Crippen LogP contribution in [-0.2, 0) is 0 Å². The number of benzene rings is 1. The van der Waals surface area contributed by atoms with Crippen molar-refractivity contribution in [3.05, 3.63) is 30.5 Å². The molecule has 0 radical (unpaired) electrons. The predicted molar refractivity (Wildman–Crippen MR) is 93.3 cm³/mol. The van der Waals surface area contributed by atoms with Gasteiger partial charge in [-0.2, -0.15) is 22.8 Å². The minimum atomic E-state index is -4.66. The van der Waals surface area contributed by atoms with Gasteiger partial charge in [0.15, 0.2) is 16.8 Å². The zero-order chi connectivity index (χ0) is 19.9. The summed E-state index contributed by atoms with van der Waals surface area (Å²) in [4.78, 5) is 8.44. The normalized spacial score (nSPS) is 22.5. The van der Waals surface area contributed by atoms with Crippen LogP contribution in [0.15, 0.2) is 30.5 Å². The smallest absolute Gasteiger partial charge is 0.417 e. The first-order chi connectivity index (χ1) is 13.3. The number of methoxy groups -OCH3 is 1. The molecule has 28 heavy (non-hydrogen) atoms. The van der Waals surface area contributed by atoms with Crippen molar-refractivity contribution in [3.63, 3.8) is 0 Å². The molecule has 1 aromatic carbocycles. The number of nitrogens with one attached hydrogen (secondary N) is 1. The Hall–Kier alpha value is -2.95. The zero-order valence-corrected chi connectivity index (χ0v) is 14.8. The van der Waals surface area contributed by atoms with Gasteiger partial charge in [0.1, 0.15) is 5.75 Å². The number of hydrogen-bond donors (Lipinski definition) is 2. The second-order valence-electron chi connectivity index (χ2n) is 6.72. The summed E-state index contributed by atoms with van der Waals surface area (Å²) >= 11 is 0. The number of aliphatic hydroxyl groups is 1. The molecule has 4 rings (SSSR count). The van der Waals surface area contributed by atoms with Crippen LogP contribution in [0.4, 0.5) is 19.1 Å². The van der Waals surface area contributed by atoms with Gasteiger partial charge in [0.05, 0.1) is 19.0 Å². The van der Waals surface area contributed by atoms with Gasteiger partial charge in [-0.1, -0.05) is 5.21 Å². The lowest BCUT2D eigenvalue weighted by molar-refractivity contribution is -0.257. The highest BCUT2D eigenvalue weighted by Crippen LogP contribution is 2.43. The number of alkyl halides is 3. The average Bonchev–Trinajstić information content (AvgIpc) is 3.26. The highest BCUT2D eigenvalue weighted by Gasteiger charge is 2.57. The lowest BCUT2D eigenvalue weighted by Crippen LogP contribution is -2.43. The molecule has 1 aliphatic carbocycles. The fourth-order valence-electron chi connectivity index (χ4n) is 3.28. The molecule has 11 heteroatoms. The van der Waals surface area contributed by atoms with Gasteiger partial charge in [0.2, 0.25) is 5.95 Å². The van der Waals surface area contributed by atoms with Gasteiger partial charge >= 0.3 is 6.18 Å². The van der Waals surface area contributed by atoms with Crippen LogP contribution < -0.4 is 10.1 Å². The van der Waals surface area contributed by atoms with Gasteiger partial charge in [-0.05, 0) is 37.1 Å². The molecular weight excluding hydrogens is 377 g/mol. The number of halogens is 3. The van der Waals surface area contributed by atoms with E-state index >= 15 is 0 Å². The van der Waals surface area contributed by atoms with E-state index in [1.807, 2.05) is 0 Å². The molecule has 1 aliphatic rings. The van der Waals surface area contributed by atoms with Gasteiger partial charge in [-0.25, -0.2) is 4.98 Å². The van der Waals surface area contributed by atoms with Crippen molar-refractivity contribution < 1.29 is 23.0 Å². The van der Waals surface area contributed by atoms with E-state index in [1.165, 1.54) is 10.9 Å². The van der Waals surface area contributed by atoms with Gasteiger partial charge < -0.3 is 15.2 Å². The molecule has 2 aromatic heterocycles. The van der Waals surface area contributed by atoms with Crippen LogP contribution in [0.25, 0.3) is 16.9 Å². The zero-order valence-electron chi connectivity index (χ0n) is 14.8. The van der Waals surface area contributed by atoms with Crippen molar-refractivity contribution in [2.45, 2.75) is 37.1 Å². The van der Waals surface area contributed by atoms with Crippen LogP contribution in [0, 0.1) is 0 Å². The van der Waals surface area contributed by atoms with E-state index in [4.69, 9.17) is 4.74 Å². The minimum Gasteiger partial charge on any atom is -0.497 e. The van der Waals surface area contributed by atoms with Crippen molar-refractivity contribution >= 4 is 17.1 Å². The number of nitrogens with zero attached hydrogens (tertiary/aromatic N) is 5. The van der Waals surface area contributed by atoms with Gasteiger partial charge in [-0.15, -0.1) is 5.10 Å². The van der Waals surface area contributed by atoms with E-state index in [0.29, 0.717) is 22.6 Å². The second-order valence-corrected chi connectivity index (χ2v) is 6.72. The van der Waals surface area contributed by atoms with Crippen LogP contribution in [0.3, 0.4) is 0 Å². The van der Waals surface area contributed by atoms with E-state index in [0.717, 1.165) is 0 Å². The molecule has 8 nitrogen and oxygen atoms in total. The van der Waals surface area contributed by atoms with Crippen molar-refractivity contribution in [3.8, 4) is 11.4 Å². The molecule has 1 saturated carbocycles. The molecule has 0 amide bonds. The molecule has 3 aromatic rings. The molecule has 0 saturated heterocycles. The highest BCUT2D eigenvalue weighted by atomic mass is 19.4. The molecule has 2 N–H and O–H groups in total. The number of anilines is 1. The predicted octanol–water partition coefficient (Wildman–Crippen LogP) is 2.48. The third-order valence-corrected chi connectivity index (χ3v) is 4.86. The highest BCUT2D eigenvalue weighted by molar-refractivity contribution is 5.72. The minimum absolute atomic E-state index is 0.154. The molecule has 148 valence electrons. The Morgan fingerprint density at radius 3 is 2.68 bits per heavy atom. The average molecular weight is 394 g/mol. The number of ether oxygens (including phenoxy) is 1. The maximum atomic E-state index is 13.0. The van der Waals surface area contributed by atoms with Gasteiger partial charge in [0, 0.05) is 12.5 Å². The first-order valence-corrected chi connectivity index (χ1v) is 8.58. The van der Waals surface area contributed by atoms with Crippen LogP contribution in [-0.4, -0.2) is 55.0 Å². The summed E-state index contributed by atoms with van der Waals surface area (Å²) in [5.41, 5.74) is -1.13. The largest absolute Gasteiger partial charge is 0.497 e. The number of hydrogen-bond acceptors (Lipinski definition) is 7. The Balaban J connectivity index is 1.58. The van der Waals surface area contributed by atoms with Gasteiger partial charge in [-0.3, -0.25) is 0 Å². The third kappa shape index (κ3) is 3.21. The Bertz CT molecular complexity index is 991. The van der Waals surface area contributed by atoms with Crippen molar-refractivity contribution in [1.29, 1.82) is 0 Å². The maximum Gasteiger partial charge on any atom is 0.417 e. The van der Waals surface area contributed by atoms with E-state index < -0.39 is 24.2 Å². The molecular formula is C17H17F3N6O2. The Morgan fingerprint density at radius 2 is 2.04 bits per heavy atom. The lowest BCUT2D eigenvalue weighted by atomic mass is 10.0. The molecule has 2 atom stereocenters. The Kier molecular flexibility index (Phi) is 4.33. The third-order valence-electron chi connectivity index (χ3n) is 4.86. The Morgan fingerprint density at radius 1 is 1.29 bits per heavy atom. The van der Waals surface area contributed by atoms with Crippen LogP contribution in [0.5, 0.6) is 5.75 Å². The van der Waals surface area contributed by atoms with Crippen LogP contribution in [0.2, 0.25) is 0 Å². The molecule has 1 fully saturated rings. The molecule has 0 unspecified atom stereocenters. The summed E-state index contributed by atoms with van der Waals surface area (Å²) in [5.74, 6) is 0.838. The molecule has 0 spiro atoms. The number of fused-ring (bicyclic) bond motifs is 1. The summed E-state index contributed by atoms with van der Waals surface area (Å²) in [6.45, 7) is 0. The van der Waals surface area contributed by atoms with E-state index in [1.54, 1.807) is 31.4 Å². The van der Waals surface area contributed by atoms with Crippen molar-refractivity contribution in [1.82, 2.24) is 25.0 Å². The first kappa shape index (κ1) is 18.4. The number of aromatic nitrogens is 5. The van der Waals surface area contributed by atoms with E-state index in [-0.39, 0.29) is 18.8 Å². The van der Waals surface area contributed by atoms with E-state index in [2.05, 4.69) is 25.6 Å².